The molecule has 1 aliphatic rings. The predicted molar refractivity (Wildman–Crippen MR) is 116 cm³/mol. The highest BCUT2D eigenvalue weighted by Crippen LogP contribution is 2.48. The Morgan fingerprint density at radius 2 is 2.00 bits per heavy atom. The number of carbonyl (C=O) groups excluding carboxylic acids is 1. The smallest absolute Gasteiger partial charge is 0.412 e. The van der Waals surface area contributed by atoms with Crippen molar-refractivity contribution in [2.75, 3.05) is 5.32 Å². The van der Waals surface area contributed by atoms with Gasteiger partial charge in [0, 0.05) is 0 Å². The molecule has 0 saturated heterocycles. The highest BCUT2D eigenvalue weighted by Gasteiger charge is 2.56. The van der Waals surface area contributed by atoms with Crippen molar-refractivity contribution in [3.63, 3.8) is 0 Å². The molecule has 3 aromatic heterocycles. The molecule has 1 aromatic carbocycles. The lowest BCUT2D eigenvalue weighted by Gasteiger charge is -2.06. The largest absolute Gasteiger partial charge is 0.480 e. The monoisotopic (exact) mass is 484 g/mol. The highest BCUT2D eigenvalue weighted by atomic mass is 35.5. The van der Waals surface area contributed by atoms with Gasteiger partial charge in [-0.25, -0.2) is 4.79 Å². The van der Waals surface area contributed by atoms with E-state index in [9.17, 15) is 14.7 Å². The summed E-state index contributed by atoms with van der Waals surface area (Å²) in [4.78, 5) is 32.2. The Hall–Kier alpha value is -3.88. The molecule has 4 aromatic rings. The number of halogens is 1. The normalized spacial score (nSPS) is 13.8. The number of anilines is 1. The summed E-state index contributed by atoms with van der Waals surface area (Å²) >= 11 is 7.05. The molecule has 0 spiro atoms. The van der Waals surface area contributed by atoms with Crippen molar-refractivity contribution in [1.82, 2.24) is 14.3 Å². The van der Waals surface area contributed by atoms with Gasteiger partial charge in [0.25, 0.3) is 5.89 Å². The molecule has 2 N–H and O–H groups in total. The average molecular weight is 485 g/mol. The molecular weight excluding hydrogens is 472 g/mol. The van der Waals surface area contributed by atoms with Crippen LogP contribution in [0.15, 0.2) is 39.2 Å². The molecule has 0 bridgehead atoms. The molecule has 3 heterocycles. The number of oxazole rings is 2. The van der Waals surface area contributed by atoms with Crippen LogP contribution in [0, 0.1) is 11.8 Å². The first kappa shape index (κ1) is 21.0. The number of nitrogens with one attached hydrogen (secondary N) is 1. The van der Waals surface area contributed by atoms with Crippen molar-refractivity contribution in [2.45, 2.75) is 24.9 Å². The Balaban J connectivity index is 1.29. The van der Waals surface area contributed by atoms with Gasteiger partial charge in [-0.05, 0) is 41.8 Å². The SMILES string of the molecule is O=C(Nc1c(Cl)nsc1C#Cc1nc2nc(C3(C(=O)O)CC3)oc2o1)OCc1ccccc1. The van der Waals surface area contributed by atoms with Gasteiger partial charge in [0.2, 0.25) is 11.5 Å². The van der Waals surface area contributed by atoms with Crippen LogP contribution in [0.3, 0.4) is 0 Å². The molecule has 1 amide bonds. The molecular formula is C21H13ClN4O6S. The van der Waals surface area contributed by atoms with Crippen molar-refractivity contribution in [2.24, 2.45) is 0 Å². The van der Waals surface area contributed by atoms with Crippen LogP contribution in [0.25, 0.3) is 11.4 Å². The third kappa shape index (κ3) is 4.13. The molecule has 0 aliphatic heterocycles. The van der Waals surface area contributed by atoms with E-state index in [1.165, 1.54) is 0 Å². The van der Waals surface area contributed by atoms with Gasteiger partial charge in [-0.1, -0.05) is 41.9 Å². The zero-order chi connectivity index (χ0) is 23.0. The lowest BCUT2D eigenvalue weighted by atomic mass is 10.1. The maximum Gasteiger partial charge on any atom is 0.412 e. The van der Waals surface area contributed by atoms with Gasteiger partial charge in [0.15, 0.2) is 5.15 Å². The summed E-state index contributed by atoms with van der Waals surface area (Å²) in [6.07, 6.45) is 0.198. The molecule has 166 valence electrons. The molecule has 10 nitrogen and oxygen atoms in total. The summed E-state index contributed by atoms with van der Waals surface area (Å²) in [5.41, 5.74) is 0.0830. The van der Waals surface area contributed by atoms with Crippen LogP contribution in [-0.2, 0) is 21.6 Å². The van der Waals surface area contributed by atoms with Gasteiger partial charge < -0.3 is 18.7 Å². The molecule has 0 radical (unpaired) electrons. The first-order valence-electron chi connectivity index (χ1n) is 9.61. The van der Waals surface area contributed by atoms with Crippen molar-refractivity contribution in [3.05, 3.63) is 57.7 Å². The minimum absolute atomic E-state index is 0.00472. The van der Waals surface area contributed by atoms with E-state index in [0.29, 0.717) is 17.7 Å². The maximum absolute atomic E-state index is 12.2. The summed E-state index contributed by atoms with van der Waals surface area (Å²) in [5, 5.41) is 11.9. The third-order valence-electron chi connectivity index (χ3n) is 4.92. The molecule has 1 fully saturated rings. The topological polar surface area (TPSA) is 141 Å². The van der Waals surface area contributed by atoms with Crippen LogP contribution in [0.5, 0.6) is 0 Å². The Labute approximate surface area is 194 Å². The minimum Gasteiger partial charge on any atom is -0.480 e. The number of aromatic nitrogens is 3. The number of carbonyl (C=O) groups is 2. The van der Waals surface area contributed by atoms with Crippen LogP contribution in [0.1, 0.15) is 35.1 Å². The van der Waals surface area contributed by atoms with Crippen LogP contribution in [-0.4, -0.2) is 31.5 Å². The standard InChI is InChI=1S/C21H13ClN4O6S/c22-15-14(24-20(29)30-10-11-4-2-1-3-5-11)12(33-26-15)6-7-13-23-16-17(31-13)32-18(25-16)21(8-9-21)19(27)28/h1-5H,8-10H2,(H,24,29)(H,27,28). The first-order valence-corrected chi connectivity index (χ1v) is 10.8. The number of hydrogen-bond acceptors (Lipinski definition) is 9. The number of benzene rings is 1. The van der Waals surface area contributed by atoms with E-state index >= 15 is 0 Å². The van der Waals surface area contributed by atoms with Gasteiger partial charge in [-0.2, -0.15) is 14.3 Å². The van der Waals surface area contributed by atoms with Crippen molar-refractivity contribution in [1.29, 1.82) is 0 Å². The summed E-state index contributed by atoms with van der Waals surface area (Å²) < 4.78 is 20.0. The average Bonchev–Trinajstić information content (AvgIpc) is 3.24. The molecule has 1 aliphatic carbocycles. The second-order valence-electron chi connectivity index (χ2n) is 7.15. The number of fused-ring (bicyclic) bond motifs is 1. The molecule has 0 unspecified atom stereocenters. The lowest BCUT2D eigenvalue weighted by molar-refractivity contribution is -0.140. The second-order valence-corrected chi connectivity index (χ2v) is 8.28. The first-order chi connectivity index (χ1) is 15.9. The van der Waals surface area contributed by atoms with Crippen molar-refractivity contribution < 1.29 is 28.3 Å². The molecule has 33 heavy (non-hydrogen) atoms. The zero-order valence-corrected chi connectivity index (χ0v) is 18.2. The zero-order valence-electron chi connectivity index (χ0n) is 16.6. The van der Waals surface area contributed by atoms with Gasteiger partial charge in [-0.15, -0.1) is 0 Å². The van der Waals surface area contributed by atoms with Crippen LogP contribution in [0.2, 0.25) is 5.15 Å². The number of rotatable bonds is 5. The summed E-state index contributed by atoms with van der Waals surface area (Å²) in [7, 11) is 0. The third-order valence-corrected chi connectivity index (χ3v) is 6.05. The van der Waals surface area contributed by atoms with Crippen LogP contribution >= 0.6 is 23.1 Å². The molecule has 1 saturated carbocycles. The van der Waals surface area contributed by atoms with Gasteiger partial charge in [0.05, 0.1) is 0 Å². The van der Waals surface area contributed by atoms with E-state index < -0.39 is 17.5 Å². The van der Waals surface area contributed by atoms with Crippen LogP contribution in [0.4, 0.5) is 10.5 Å². The van der Waals surface area contributed by atoms with Gasteiger partial charge in [-0.3, -0.25) is 10.1 Å². The number of carboxylic acid groups (broad SMARTS) is 1. The number of hydrogen-bond donors (Lipinski definition) is 2. The minimum atomic E-state index is -1.09. The fraction of sp³-hybridized carbons (Fsp3) is 0.190. The number of nitrogens with zero attached hydrogens (tertiary/aromatic N) is 3. The Morgan fingerprint density at radius 1 is 1.21 bits per heavy atom. The van der Waals surface area contributed by atoms with E-state index in [1.54, 1.807) is 0 Å². The number of ether oxygens (including phenoxy) is 1. The Kier molecular flexibility index (Phi) is 5.24. The number of amides is 1. The van der Waals surface area contributed by atoms with E-state index in [-0.39, 0.29) is 40.7 Å². The Morgan fingerprint density at radius 3 is 2.70 bits per heavy atom. The van der Waals surface area contributed by atoms with Crippen molar-refractivity contribution in [3.8, 4) is 11.8 Å². The highest BCUT2D eigenvalue weighted by molar-refractivity contribution is 7.07. The van der Waals surface area contributed by atoms with Crippen LogP contribution < -0.4 is 5.32 Å². The predicted octanol–water partition coefficient (Wildman–Crippen LogP) is 4.19. The summed E-state index contributed by atoms with van der Waals surface area (Å²) in [6.45, 7) is 0.0937. The van der Waals surface area contributed by atoms with Crippen molar-refractivity contribution >= 4 is 52.3 Å². The van der Waals surface area contributed by atoms with Gasteiger partial charge >= 0.3 is 17.8 Å². The van der Waals surface area contributed by atoms with E-state index in [2.05, 4.69) is 31.5 Å². The lowest BCUT2D eigenvalue weighted by Crippen LogP contribution is -2.19. The van der Waals surface area contributed by atoms with E-state index in [1.807, 2.05) is 30.3 Å². The molecule has 5 rings (SSSR count). The Bertz CT molecular complexity index is 1400. The fourth-order valence-corrected chi connectivity index (χ4v) is 3.88. The fourth-order valence-electron chi connectivity index (χ4n) is 2.98. The maximum atomic E-state index is 12.2. The number of carboxylic acids is 1. The quantitative estimate of drug-likeness (QED) is 0.399. The summed E-state index contributed by atoms with van der Waals surface area (Å²) in [6, 6.07) is 9.22. The summed E-state index contributed by atoms with van der Waals surface area (Å²) in [5.74, 6) is 4.56. The second kappa shape index (κ2) is 8.23. The molecule has 12 heteroatoms. The van der Waals surface area contributed by atoms with Gasteiger partial charge in [0.1, 0.15) is 22.6 Å². The van der Waals surface area contributed by atoms with E-state index in [0.717, 1.165) is 17.1 Å². The van der Waals surface area contributed by atoms with E-state index in [4.69, 9.17) is 25.2 Å². The molecule has 0 atom stereocenters. The number of aliphatic carboxylic acids is 1.